The lowest BCUT2D eigenvalue weighted by atomic mass is 9.83. The number of likely N-dealkylation sites (tertiary alicyclic amines) is 2. The SMILES string of the molecule is CC(CN1CCC2C(CCCN2C)C1)C1CNC1. The largest absolute Gasteiger partial charge is 0.316 e. The first-order valence-electron chi connectivity index (χ1n) is 7.87. The zero-order valence-electron chi connectivity index (χ0n) is 12.1. The normalized spacial score (nSPS) is 37.0. The average Bonchev–Trinajstić information content (AvgIpc) is 2.26. The van der Waals surface area contributed by atoms with E-state index in [1.54, 1.807) is 0 Å². The predicted molar refractivity (Wildman–Crippen MR) is 75.7 cm³/mol. The molecule has 3 saturated heterocycles. The van der Waals surface area contributed by atoms with Crippen LogP contribution in [0.25, 0.3) is 0 Å². The van der Waals surface area contributed by atoms with Crippen molar-refractivity contribution in [1.82, 2.24) is 15.1 Å². The highest BCUT2D eigenvalue weighted by atomic mass is 15.2. The molecule has 0 bridgehead atoms. The number of rotatable bonds is 3. The third-order valence-electron chi connectivity index (χ3n) is 5.59. The maximum absolute atomic E-state index is 3.41. The van der Waals surface area contributed by atoms with Crippen LogP contribution in [0.2, 0.25) is 0 Å². The smallest absolute Gasteiger partial charge is 0.0145 e. The highest BCUT2D eigenvalue weighted by Crippen LogP contribution is 2.30. The fourth-order valence-electron chi connectivity index (χ4n) is 4.16. The van der Waals surface area contributed by atoms with Crippen molar-refractivity contribution in [1.29, 1.82) is 0 Å². The Hall–Kier alpha value is -0.120. The zero-order valence-corrected chi connectivity index (χ0v) is 12.1. The Kier molecular flexibility index (Phi) is 3.92. The number of piperidine rings is 2. The van der Waals surface area contributed by atoms with Crippen molar-refractivity contribution in [2.24, 2.45) is 17.8 Å². The lowest BCUT2D eigenvalue weighted by Crippen LogP contribution is -2.54. The molecule has 3 atom stereocenters. The maximum atomic E-state index is 3.41. The van der Waals surface area contributed by atoms with Gasteiger partial charge in [-0.15, -0.1) is 0 Å². The highest BCUT2D eigenvalue weighted by molar-refractivity contribution is 4.90. The van der Waals surface area contributed by atoms with E-state index in [4.69, 9.17) is 0 Å². The molecule has 0 aliphatic carbocycles. The molecule has 1 N–H and O–H groups in total. The Morgan fingerprint density at radius 3 is 2.78 bits per heavy atom. The Balaban J connectivity index is 1.50. The van der Waals surface area contributed by atoms with Gasteiger partial charge in [0.1, 0.15) is 0 Å². The molecule has 3 aliphatic heterocycles. The number of hydrogen-bond acceptors (Lipinski definition) is 3. The summed E-state index contributed by atoms with van der Waals surface area (Å²) < 4.78 is 0. The summed E-state index contributed by atoms with van der Waals surface area (Å²) in [6, 6.07) is 0.885. The fourth-order valence-corrected chi connectivity index (χ4v) is 4.16. The van der Waals surface area contributed by atoms with Gasteiger partial charge < -0.3 is 15.1 Å². The molecule has 3 rings (SSSR count). The minimum atomic E-state index is 0.879. The Labute approximate surface area is 112 Å². The number of nitrogens with zero attached hydrogens (tertiary/aromatic N) is 2. The Morgan fingerprint density at radius 1 is 1.22 bits per heavy atom. The van der Waals surface area contributed by atoms with E-state index in [1.165, 1.54) is 58.5 Å². The number of fused-ring (bicyclic) bond motifs is 1. The second kappa shape index (κ2) is 5.48. The van der Waals surface area contributed by atoms with Crippen LogP contribution in [0.15, 0.2) is 0 Å². The van der Waals surface area contributed by atoms with E-state index in [1.807, 2.05) is 0 Å². The van der Waals surface area contributed by atoms with Gasteiger partial charge >= 0.3 is 0 Å². The van der Waals surface area contributed by atoms with Crippen molar-refractivity contribution < 1.29 is 0 Å². The van der Waals surface area contributed by atoms with Crippen LogP contribution in [0, 0.1) is 17.8 Å². The summed E-state index contributed by atoms with van der Waals surface area (Å²) in [5.41, 5.74) is 0. The molecule has 0 saturated carbocycles. The van der Waals surface area contributed by atoms with Crippen molar-refractivity contribution in [2.75, 3.05) is 46.3 Å². The molecule has 3 fully saturated rings. The van der Waals surface area contributed by atoms with Crippen LogP contribution in [-0.2, 0) is 0 Å². The predicted octanol–water partition coefficient (Wildman–Crippen LogP) is 1.26. The third-order valence-corrected chi connectivity index (χ3v) is 5.59. The van der Waals surface area contributed by atoms with Gasteiger partial charge in [-0.1, -0.05) is 6.92 Å². The van der Waals surface area contributed by atoms with E-state index in [9.17, 15) is 0 Å². The Bertz CT molecular complexity index is 277. The fraction of sp³-hybridized carbons (Fsp3) is 1.00. The van der Waals surface area contributed by atoms with E-state index < -0.39 is 0 Å². The molecule has 0 aromatic rings. The average molecular weight is 251 g/mol. The van der Waals surface area contributed by atoms with Crippen molar-refractivity contribution in [3.05, 3.63) is 0 Å². The van der Waals surface area contributed by atoms with Gasteiger partial charge in [-0.3, -0.25) is 0 Å². The first kappa shape index (κ1) is 12.9. The van der Waals surface area contributed by atoms with Gasteiger partial charge in [0.25, 0.3) is 0 Å². The summed E-state index contributed by atoms with van der Waals surface area (Å²) in [5.74, 6) is 2.77. The molecular weight excluding hydrogens is 222 g/mol. The first-order chi connectivity index (χ1) is 8.74. The summed E-state index contributed by atoms with van der Waals surface area (Å²) in [4.78, 5) is 5.37. The molecule has 3 aliphatic rings. The van der Waals surface area contributed by atoms with Crippen LogP contribution in [0.3, 0.4) is 0 Å². The summed E-state index contributed by atoms with van der Waals surface area (Å²) >= 11 is 0. The molecule has 3 heteroatoms. The number of hydrogen-bond donors (Lipinski definition) is 1. The van der Waals surface area contributed by atoms with Crippen LogP contribution in [0.4, 0.5) is 0 Å². The Morgan fingerprint density at radius 2 is 2.06 bits per heavy atom. The summed E-state index contributed by atoms with van der Waals surface area (Å²) in [5, 5.41) is 3.41. The molecule has 18 heavy (non-hydrogen) atoms. The second-order valence-electron chi connectivity index (χ2n) is 6.89. The number of nitrogens with one attached hydrogen (secondary N) is 1. The maximum Gasteiger partial charge on any atom is 0.0145 e. The van der Waals surface area contributed by atoms with Gasteiger partial charge in [-0.25, -0.2) is 0 Å². The molecule has 3 unspecified atom stereocenters. The minimum Gasteiger partial charge on any atom is -0.316 e. The van der Waals surface area contributed by atoms with Gasteiger partial charge in [0.2, 0.25) is 0 Å². The van der Waals surface area contributed by atoms with Crippen molar-refractivity contribution >= 4 is 0 Å². The minimum absolute atomic E-state index is 0.879. The lowest BCUT2D eigenvalue weighted by Gasteiger charge is -2.47. The third kappa shape index (κ3) is 2.59. The molecule has 3 heterocycles. The standard InChI is InChI=1S/C15H29N3/c1-12(14-8-16-9-14)10-18-7-5-15-13(11-18)4-3-6-17(15)2/h12-16H,3-11H2,1-2H3. The van der Waals surface area contributed by atoms with E-state index in [2.05, 4.69) is 29.1 Å². The monoisotopic (exact) mass is 251 g/mol. The van der Waals surface area contributed by atoms with Crippen molar-refractivity contribution in [3.8, 4) is 0 Å². The van der Waals surface area contributed by atoms with E-state index in [-0.39, 0.29) is 0 Å². The van der Waals surface area contributed by atoms with E-state index >= 15 is 0 Å². The van der Waals surface area contributed by atoms with Gasteiger partial charge in [0.05, 0.1) is 0 Å². The van der Waals surface area contributed by atoms with Crippen LogP contribution in [0.5, 0.6) is 0 Å². The lowest BCUT2D eigenvalue weighted by molar-refractivity contribution is 0.0271. The topological polar surface area (TPSA) is 18.5 Å². The second-order valence-corrected chi connectivity index (χ2v) is 6.89. The van der Waals surface area contributed by atoms with Crippen molar-refractivity contribution in [3.63, 3.8) is 0 Å². The molecule has 0 aromatic heterocycles. The summed E-state index contributed by atoms with van der Waals surface area (Å²) in [6.07, 6.45) is 4.27. The van der Waals surface area contributed by atoms with Gasteiger partial charge in [0.15, 0.2) is 0 Å². The first-order valence-corrected chi connectivity index (χ1v) is 7.87. The summed E-state index contributed by atoms with van der Waals surface area (Å²) in [6.45, 7) is 10.3. The molecule has 0 amide bonds. The van der Waals surface area contributed by atoms with Gasteiger partial charge in [0, 0.05) is 19.1 Å². The quantitative estimate of drug-likeness (QED) is 0.815. The molecule has 3 nitrogen and oxygen atoms in total. The van der Waals surface area contributed by atoms with Crippen LogP contribution < -0.4 is 5.32 Å². The van der Waals surface area contributed by atoms with Gasteiger partial charge in [-0.05, 0) is 70.2 Å². The molecule has 0 radical (unpaired) electrons. The van der Waals surface area contributed by atoms with E-state index in [0.29, 0.717) is 0 Å². The zero-order chi connectivity index (χ0) is 12.5. The molecule has 104 valence electrons. The summed E-state index contributed by atoms with van der Waals surface area (Å²) in [7, 11) is 2.33. The van der Waals surface area contributed by atoms with Crippen LogP contribution in [0.1, 0.15) is 26.2 Å². The molecular formula is C15H29N3. The van der Waals surface area contributed by atoms with Crippen LogP contribution in [-0.4, -0.2) is 62.2 Å². The molecule has 0 aromatic carbocycles. The highest BCUT2D eigenvalue weighted by Gasteiger charge is 2.35. The van der Waals surface area contributed by atoms with Gasteiger partial charge in [-0.2, -0.15) is 0 Å². The van der Waals surface area contributed by atoms with E-state index in [0.717, 1.165) is 23.8 Å². The molecule has 0 spiro atoms. The van der Waals surface area contributed by atoms with Crippen molar-refractivity contribution in [2.45, 2.75) is 32.2 Å². The van der Waals surface area contributed by atoms with Crippen LogP contribution >= 0.6 is 0 Å².